The van der Waals surface area contributed by atoms with Crippen LogP contribution in [0.2, 0.25) is 0 Å². The van der Waals surface area contributed by atoms with Gasteiger partial charge in [-0.25, -0.2) is 0 Å². The second-order valence-electron chi connectivity index (χ2n) is 5.48. The highest BCUT2D eigenvalue weighted by Crippen LogP contribution is 2.41. The van der Waals surface area contributed by atoms with Gasteiger partial charge in [-0.1, -0.05) is 6.42 Å². The van der Waals surface area contributed by atoms with Crippen LogP contribution >= 0.6 is 0 Å². The maximum atomic E-state index is 11.2. The summed E-state index contributed by atoms with van der Waals surface area (Å²) in [5, 5.41) is 12.5. The van der Waals surface area contributed by atoms with Crippen LogP contribution in [0.3, 0.4) is 0 Å². The number of ether oxygens (including phenoxy) is 1. The molecule has 0 atom stereocenters. The molecule has 1 saturated carbocycles. The van der Waals surface area contributed by atoms with E-state index in [2.05, 4.69) is 5.32 Å². The highest BCUT2D eigenvalue weighted by atomic mass is 16.5. The van der Waals surface area contributed by atoms with Crippen molar-refractivity contribution in [3.05, 3.63) is 24.3 Å². The smallest absolute Gasteiger partial charge is 0.311 e. The Hall–Kier alpha value is -1.71. The lowest BCUT2D eigenvalue weighted by Crippen LogP contribution is -2.43. The topological polar surface area (TPSA) is 58.6 Å². The van der Waals surface area contributed by atoms with Gasteiger partial charge >= 0.3 is 5.97 Å². The van der Waals surface area contributed by atoms with Crippen LogP contribution in [0.5, 0.6) is 5.75 Å². The summed E-state index contributed by atoms with van der Waals surface area (Å²) >= 11 is 0. The third-order valence-corrected chi connectivity index (χ3v) is 3.62. The quantitative estimate of drug-likeness (QED) is 0.827. The Morgan fingerprint density at radius 3 is 2.42 bits per heavy atom. The Labute approximate surface area is 113 Å². The van der Waals surface area contributed by atoms with Crippen LogP contribution in [-0.4, -0.2) is 23.7 Å². The lowest BCUT2D eigenvalue weighted by molar-refractivity contribution is -0.153. The van der Waals surface area contributed by atoms with Crippen LogP contribution in [0.4, 0.5) is 5.69 Å². The highest BCUT2D eigenvalue weighted by Gasteiger charge is 2.44. The molecule has 4 nitrogen and oxygen atoms in total. The van der Waals surface area contributed by atoms with Crippen LogP contribution < -0.4 is 10.1 Å². The molecule has 1 aromatic carbocycles. The fourth-order valence-corrected chi connectivity index (χ4v) is 2.26. The minimum absolute atomic E-state index is 0.157. The van der Waals surface area contributed by atoms with Gasteiger partial charge in [-0.15, -0.1) is 0 Å². The SMILES string of the molecule is CC(C)Oc1ccc(NCC2(C(=O)O)CCC2)cc1. The predicted octanol–water partition coefficient (Wildman–Crippen LogP) is 3.14. The van der Waals surface area contributed by atoms with Gasteiger partial charge < -0.3 is 15.2 Å². The zero-order valence-electron chi connectivity index (χ0n) is 11.5. The summed E-state index contributed by atoms with van der Waals surface area (Å²) < 4.78 is 5.56. The summed E-state index contributed by atoms with van der Waals surface area (Å²) in [6.45, 7) is 4.46. The van der Waals surface area contributed by atoms with E-state index in [0.717, 1.165) is 30.7 Å². The Morgan fingerprint density at radius 1 is 1.37 bits per heavy atom. The molecule has 1 aromatic rings. The molecule has 0 aliphatic heterocycles. The van der Waals surface area contributed by atoms with Crippen LogP contribution in [-0.2, 0) is 4.79 Å². The van der Waals surface area contributed by atoms with Gasteiger partial charge in [-0.3, -0.25) is 4.79 Å². The number of rotatable bonds is 6. The second-order valence-corrected chi connectivity index (χ2v) is 5.48. The molecule has 1 fully saturated rings. The molecule has 2 rings (SSSR count). The Balaban J connectivity index is 1.91. The number of carboxylic acid groups (broad SMARTS) is 1. The van der Waals surface area contributed by atoms with Crippen LogP contribution in [0, 0.1) is 5.41 Å². The third-order valence-electron chi connectivity index (χ3n) is 3.62. The Morgan fingerprint density at radius 2 is 2.00 bits per heavy atom. The number of benzene rings is 1. The van der Waals surface area contributed by atoms with E-state index in [4.69, 9.17) is 4.74 Å². The molecule has 4 heteroatoms. The monoisotopic (exact) mass is 263 g/mol. The van der Waals surface area contributed by atoms with E-state index >= 15 is 0 Å². The zero-order valence-corrected chi connectivity index (χ0v) is 11.5. The summed E-state index contributed by atoms with van der Waals surface area (Å²) in [5.41, 5.74) is 0.372. The second kappa shape index (κ2) is 5.51. The molecule has 2 N–H and O–H groups in total. The molecule has 0 saturated heterocycles. The number of hydrogen-bond acceptors (Lipinski definition) is 3. The Kier molecular flexibility index (Phi) is 3.98. The number of carboxylic acids is 1. The molecular weight excluding hydrogens is 242 g/mol. The molecule has 0 amide bonds. The molecule has 1 aliphatic carbocycles. The molecule has 104 valence electrons. The van der Waals surface area contributed by atoms with Gasteiger partial charge in [0, 0.05) is 12.2 Å². The van der Waals surface area contributed by atoms with Gasteiger partial charge in [-0.2, -0.15) is 0 Å². The molecular formula is C15H21NO3. The maximum Gasteiger partial charge on any atom is 0.311 e. The molecule has 19 heavy (non-hydrogen) atoms. The van der Waals surface area contributed by atoms with Crippen LogP contribution in [0.1, 0.15) is 33.1 Å². The average Bonchev–Trinajstić information content (AvgIpc) is 2.28. The summed E-state index contributed by atoms with van der Waals surface area (Å²) in [7, 11) is 0. The minimum Gasteiger partial charge on any atom is -0.491 e. The average molecular weight is 263 g/mol. The van der Waals surface area contributed by atoms with E-state index in [1.807, 2.05) is 38.1 Å². The number of hydrogen-bond donors (Lipinski definition) is 2. The van der Waals surface area contributed by atoms with Gasteiger partial charge in [-0.05, 0) is 51.0 Å². The molecule has 0 spiro atoms. The first kappa shape index (κ1) is 13.7. The first-order chi connectivity index (χ1) is 9.02. The third kappa shape index (κ3) is 3.19. The first-order valence-corrected chi connectivity index (χ1v) is 6.76. The van der Waals surface area contributed by atoms with Crippen molar-refractivity contribution in [1.82, 2.24) is 0 Å². The fourth-order valence-electron chi connectivity index (χ4n) is 2.26. The molecule has 1 aliphatic rings. The van der Waals surface area contributed by atoms with Crippen molar-refractivity contribution in [2.75, 3.05) is 11.9 Å². The highest BCUT2D eigenvalue weighted by molar-refractivity contribution is 5.76. The van der Waals surface area contributed by atoms with E-state index in [-0.39, 0.29) is 6.10 Å². The molecule has 0 unspecified atom stereocenters. The van der Waals surface area contributed by atoms with E-state index in [1.165, 1.54) is 0 Å². The summed E-state index contributed by atoms with van der Waals surface area (Å²) in [5.74, 6) is 0.142. The standard InChI is InChI=1S/C15H21NO3/c1-11(2)19-13-6-4-12(5-7-13)16-10-15(14(17)18)8-3-9-15/h4-7,11,16H,3,8-10H2,1-2H3,(H,17,18). The van der Waals surface area contributed by atoms with Gasteiger partial charge in [0.1, 0.15) is 5.75 Å². The lowest BCUT2D eigenvalue weighted by atomic mass is 9.69. The number of anilines is 1. The van der Waals surface area contributed by atoms with Crippen molar-refractivity contribution in [2.45, 2.75) is 39.2 Å². The first-order valence-electron chi connectivity index (χ1n) is 6.76. The summed E-state index contributed by atoms with van der Waals surface area (Å²) in [6, 6.07) is 7.64. The van der Waals surface area contributed by atoms with Crippen molar-refractivity contribution in [2.24, 2.45) is 5.41 Å². The number of nitrogens with one attached hydrogen (secondary N) is 1. The van der Waals surface area contributed by atoms with Crippen molar-refractivity contribution < 1.29 is 14.6 Å². The number of aliphatic carboxylic acids is 1. The maximum absolute atomic E-state index is 11.2. The van der Waals surface area contributed by atoms with E-state index < -0.39 is 11.4 Å². The fraction of sp³-hybridized carbons (Fsp3) is 0.533. The summed E-state index contributed by atoms with van der Waals surface area (Å²) in [4.78, 5) is 11.2. The van der Waals surface area contributed by atoms with Crippen LogP contribution in [0.25, 0.3) is 0 Å². The number of carbonyl (C=O) groups is 1. The van der Waals surface area contributed by atoms with E-state index in [1.54, 1.807) is 0 Å². The molecule has 0 bridgehead atoms. The predicted molar refractivity (Wildman–Crippen MR) is 74.6 cm³/mol. The minimum atomic E-state index is -0.689. The van der Waals surface area contributed by atoms with Gasteiger partial charge in [0.25, 0.3) is 0 Å². The van der Waals surface area contributed by atoms with Crippen LogP contribution in [0.15, 0.2) is 24.3 Å². The van der Waals surface area contributed by atoms with E-state index in [0.29, 0.717) is 6.54 Å². The van der Waals surface area contributed by atoms with Crippen molar-refractivity contribution in [1.29, 1.82) is 0 Å². The van der Waals surface area contributed by atoms with Gasteiger partial charge in [0.15, 0.2) is 0 Å². The summed E-state index contributed by atoms with van der Waals surface area (Å²) in [6.07, 6.45) is 2.70. The Bertz CT molecular complexity index is 435. The van der Waals surface area contributed by atoms with Crippen molar-refractivity contribution >= 4 is 11.7 Å². The molecule has 0 aromatic heterocycles. The normalized spacial score (nSPS) is 16.8. The van der Waals surface area contributed by atoms with Gasteiger partial charge in [0.05, 0.1) is 11.5 Å². The largest absolute Gasteiger partial charge is 0.491 e. The van der Waals surface area contributed by atoms with Crippen molar-refractivity contribution in [3.63, 3.8) is 0 Å². The molecule has 0 heterocycles. The lowest BCUT2D eigenvalue weighted by Gasteiger charge is -2.37. The zero-order chi connectivity index (χ0) is 13.9. The molecule has 0 radical (unpaired) electrons. The van der Waals surface area contributed by atoms with Gasteiger partial charge in [0.2, 0.25) is 0 Å². The van der Waals surface area contributed by atoms with E-state index in [9.17, 15) is 9.90 Å². The van der Waals surface area contributed by atoms with Crippen molar-refractivity contribution in [3.8, 4) is 5.75 Å².